The van der Waals surface area contributed by atoms with E-state index >= 15 is 0 Å². The highest BCUT2D eigenvalue weighted by Gasteiger charge is 1.99. The zero-order valence-corrected chi connectivity index (χ0v) is 9.58. The van der Waals surface area contributed by atoms with Crippen molar-refractivity contribution in [3.05, 3.63) is 73.4 Å². The Balaban J connectivity index is 0. The summed E-state index contributed by atoms with van der Waals surface area (Å²) < 4.78 is 0. The Kier molecular flexibility index (Phi) is 12.1. The first-order valence-corrected chi connectivity index (χ1v) is 5.18. The van der Waals surface area contributed by atoms with Crippen LogP contribution in [0.2, 0.25) is 0 Å². The fraction of sp³-hybridized carbons (Fsp3) is 0.250. The predicted molar refractivity (Wildman–Crippen MR) is 77.5 cm³/mol. The van der Waals surface area contributed by atoms with Gasteiger partial charge >= 0.3 is 0 Å². The van der Waals surface area contributed by atoms with Crippen LogP contribution < -0.4 is 0 Å². The lowest BCUT2D eigenvalue weighted by molar-refractivity contribution is 0.997. The van der Waals surface area contributed by atoms with Gasteiger partial charge in [0.1, 0.15) is 0 Å². The molecule has 0 unspecified atom stereocenters. The third kappa shape index (κ3) is 6.83. The van der Waals surface area contributed by atoms with Gasteiger partial charge in [-0.15, -0.1) is 6.58 Å². The van der Waals surface area contributed by atoms with Crippen LogP contribution in [-0.2, 0) is 0 Å². The maximum atomic E-state index is 3.73. The van der Waals surface area contributed by atoms with Gasteiger partial charge < -0.3 is 0 Å². The van der Waals surface area contributed by atoms with Crippen molar-refractivity contribution in [2.45, 2.75) is 27.2 Å². The van der Waals surface area contributed by atoms with E-state index in [-0.39, 0.29) is 7.43 Å². The maximum Gasteiger partial charge on any atom is -0.0228 e. The molecule has 0 rings (SSSR count). The summed E-state index contributed by atoms with van der Waals surface area (Å²) in [6.07, 6.45) is 15.7. The SMILES string of the molecule is C.C=C/C=C(\C=C/C)C(=C/C=C)/CCC=C. The number of rotatable bonds is 7. The standard InChI is InChI=1S/C15H20.CH4/c1-5-9-13-15(12-8-4)14(10-6-2)11-7-3;/h5-8,10-12H,1-2,4,9,13H2,3H3;1H4/b11-7-,14-10+,15-12+;. The van der Waals surface area contributed by atoms with Crippen LogP contribution in [0.4, 0.5) is 0 Å². The minimum Gasteiger partial charge on any atom is -0.103 e. The molecule has 16 heavy (non-hydrogen) atoms. The van der Waals surface area contributed by atoms with Crippen LogP contribution in [0.3, 0.4) is 0 Å². The minimum atomic E-state index is 0. The summed E-state index contributed by atoms with van der Waals surface area (Å²) >= 11 is 0. The third-order valence-corrected chi connectivity index (χ3v) is 1.95. The predicted octanol–water partition coefficient (Wildman–Crippen LogP) is 5.39. The molecule has 0 atom stereocenters. The van der Waals surface area contributed by atoms with Crippen molar-refractivity contribution in [3.63, 3.8) is 0 Å². The van der Waals surface area contributed by atoms with Gasteiger partial charge in [0.15, 0.2) is 0 Å². The van der Waals surface area contributed by atoms with E-state index in [0.29, 0.717) is 0 Å². The number of allylic oxidation sites excluding steroid dienone is 9. The van der Waals surface area contributed by atoms with Gasteiger partial charge in [-0.3, -0.25) is 0 Å². The van der Waals surface area contributed by atoms with Gasteiger partial charge in [0, 0.05) is 0 Å². The molecule has 0 heteroatoms. The summed E-state index contributed by atoms with van der Waals surface area (Å²) in [5, 5.41) is 0. The van der Waals surface area contributed by atoms with Crippen LogP contribution in [0.5, 0.6) is 0 Å². The van der Waals surface area contributed by atoms with Crippen molar-refractivity contribution in [2.24, 2.45) is 0 Å². The van der Waals surface area contributed by atoms with E-state index < -0.39 is 0 Å². The average molecular weight is 216 g/mol. The van der Waals surface area contributed by atoms with Crippen LogP contribution in [0.25, 0.3) is 0 Å². The maximum absolute atomic E-state index is 3.73. The average Bonchev–Trinajstić information content (AvgIpc) is 2.24. The van der Waals surface area contributed by atoms with Gasteiger partial charge in [0.2, 0.25) is 0 Å². The van der Waals surface area contributed by atoms with Crippen molar-refractivity contribution in [2.75, 3.05) is 0 Å². The lowest BCUT2D eigenvalue weighted by Crippen LogP contribution is -1.86. The second-order valence-electron chi connectivity index (χ2n) is 3.11. The molecule has 0 aliphatic heterocycles. The topological polar surface area (TPSA) is 0 Å². The highest BCUT2D eigenvalue weighted by atomic mass is 14.0. The van der Waals surface area contributed by atoms with Gasteiger partial charge in [-0.25, -0.2) is 0 Å². The van der Waals surface area contributed by atoms with Crippen LogP contribution >= 0.6 is 0 Å². The van der Waals surface area contributed by atoms with Crippen molar-refractivity contribution in [1.82, 2.24) is 0 Å². The van der Waals surface area contributed by atoms with Gasteiger partial charge in [-0.05, 0) is 30.9 Å². The Morgan fingerprint density at radius 1 is 1.06 bits per heavy atom. The summed E-state index contributed by atoms with van der Waals surface area (Å²) in [6.45, 7) is 13.2. The molecular weight excluding hydrogens is 192 g/mol. The molecule has 0 saturated heterocycles. The van der Waals surface area contributed by atoms with Crippen LogP contribution in [0.1, 0.15) is 27.2 Å². The Morgan fingerprint density at radius 2 is 1.69 bits per heavy atom. The van der Waals surface area contributed by atoms with E-state index in [9.17, 15) is 0 Å². The van der Waals surface area contributed by atoms with E-state index in [2.05, 4.69) is 25.8 Å². The molecule has 0 aromatic rings. The molecule has 0 N–H and O–H groups in total. The zero-order chi connectivity index (χ0) is 11.5. The summed E-state index contributed by atoms with van der Waals surface area (Å²) in [6, 6.07) is 0. The minimum absolute atomic E-state index is 0. The molecule has 0 saturated carbocycles. The third-order valence-electron chi connectivity index (χ3n) is 1.95. The second-order valence-corrected chi connectivity index (χ2v) is 3.11. The van der Waals surface area contributed by atoms with Gasteiger partial charge in [0.25, 0.3) is 0 Å². The first-order valence-electron chi connectivity index (χ1n) is 5.18. The molecule has 0 amide bonds. The molecule has 0 aliphatic carbocycles. The summed E-state index contributed by atoms with van der Waals surface area (Å²) in [4.78, 5) is 0. The highest BCUT2D eigenvalue weighted by molar-refractivity contribution is 5.43. The molecule has 0 aromatic heterocycles. The normalized spacial score (nSPS) is 12.1. The molecule has 0 fully saturated rings. The van der Waals surface area contributed by atoms with Crippen LogP contribution in [0.15, 0.2) is 73.4 Å². The smallest absolute Gasteiger partial charge is 0.0228 e. The number of hydrogen-bond donors (Lipinski definition) is 0. The van der Waals surface area contributed by atoms with Crippen LogP contribution in [-0.4, -0.2) is 0 Å². The fourth-order valence-corrected chi connectivity index (χ4v) is 1.30. The molecule has 0 heterocycles. The molecule has 0 aromatic carbocycles. The highest BCUT2D eigenvalue weighted by Crippen LogP contribution is 2.18. The summed E-state index contributed by atoms with van der Waals surface area (Å²) in [5.74, 6) is 0. The van der Waals surface area contributed by atoms with E-state index in [4.69, 9.17) is 0 Å². The monoisotopic (exact) mass is 216 g/mol. The zero-order valence-electron chi connectivity index (χ0n) is 9.58. The van der Waals surface area contributed by atoms with E-state index in [1.165, 1.54) is 11.1 Å². The van der Waals surface area contributed by atoms with Crippen molar-refractivity contribution < 1.29 is 0 Å². The Morgan fingerprint density at radius 3 is 2.12 bits per heavy atom. The van der Waals surface area contributed by atoms with E-state index in [1.807, 2.05) is 37.3 Å². The Bertz CT molecular complexity index is 298. The molecule has 0 bridgehead atoms. The van der Waals surface area contributed by atoms with Crippen molar-refractivity contribution >= 4 is 0 Å². The van der Waals surface area contributed by atoms with Gasteiger partial charge in [0.05, 0.1) is 0 Å². The van der Waals surface area contributed by atoms with Crippen molar-refractivity contribution in [1.29, 1.82) is 0 Å². The van der Waals surface area contributed by atoms with Crippen molar-refractivity contribution in [3.8, 4) is 0 Å². The molecule has 0 spiro atoms. The van der Waals surface area contributed by atoms with Crippen LogP contribution in [0, 0.1) is 0 Å². The molecular formula is C16H24. The molecule has 0 nitrogen and oxygen atoms in total. The first-order chi connectivity index (χ1) is 7.29. The second kappa shape index (κ2) is 11.5. The number of hydrogen-bond acceptors (Lipinski definition) is 0. The molecule has 88 valence electrons. The lowest BCUT2D eigenvalue weighted by Gasteiger charge is -2.06. The fourth-order valence-electron chi connectivity index (χ4n) is 1.30. The lowest BCUT2D eigenvalue weighted by atomic mass is 9.99. The van der Waals surface area contributed by atoms with Gasteiger partial charge in [-0.2, -0.15) is 0 Å². The quantitative estimate of drug-likeness (QED) is 0.395. The first kappa shape index (κ1) is 16.9. The molecule has 0 aliphatic rings. The Hall–Kier alpha value is -1.56. The summed E-state index contributed by atoms with van der Waals surface area (Å²) in [7, 11) is 0. The Labute approximate surface area is 101 Å². The molecule has 0 radical (unpaired) electrons. The van der Waals surface area contributed by atoms with E-state index in [1.54, 1.807) is 6.08 Å². The summed E-state index contributed by atoms with van der Waals surface area (Å²) in [5.41, 5.74) is 2.46. The van der Waals surface area contributed by atoms with E-state index in [0.717, 1.165) is 12.8 Å². The van der Waals surface area contributed by atoms with Gasteiger partial charge in [-0.1, -0.05) is 63.1 Å². The largest absolute Gasteiger partial charge is 0.103 e.